The first-order valence-corrected chi connectivity index (χ1v) is 9.26. The van der Waals surface area contributed by atoms with Crippen molar-refractivity contribution in [2.75, 3.05) is 26.1 Å². The predicted molar refractivity (Wildman–Crippen MR) is 110 cm³/mol. The summed E-state index contributed by atoms with van der Waals surface area (Å²) in [6, 6.07) is 14.1. The van der Waals surface area contributed by atoms with E-state index in [0.717, 1.165) is 5.56 Å². The first-order chi connectivity index (χ1) is 13.9. The van der Waals surface area contributed by atoms with Crippen molar-refractivity contribution in [2.45, 2.75) is 19.9 Å². The molecule has 0 unspecified atom stereocenters. The summed E-state index contributed by atoms with van der Waals surface area (Å²) in [6.07, 6.45) is 0. The van der Waals surface area contributed by atoms with Gasteiger partial charge < -0.3 is 20.1 Å². The highest BCUT2D eigenvalue weighted by molar-refractivity contribution is 6.03. The molecule has 0 bridgehead atoms. The zero-order valence-electron chi connectivity index (χ0n) is 17.0. The summed E-state index contributed by atoms with van der Waals surface area (Å²) in [5.41, 5.74) is 1.63. The van der Waals surface area contributed by atoms with Crippen molar-refractivity contribution < 1.29 is 23.9 Å². The molecule has 2 rings (SSSR count). The van der Waals surface area contributed by atoms with Gasteiger partial charge in [-0.15, -0.1) is 0 Å². The van der Waals surface area contributed by atoms with Crippen LogP contribution in [-0.4, -0.2) is 38.6 Å². The molecule has 0 aliphatic rings. The molecule has 0 heterocycles. The molecule has 1 atom stereocenters. The Morgan fingerprint density at radius 2 is 1.59 bits per heavy atom. The van der Waals surface area contributed by atoms with E-state index in [1.165, 1.54) is 32.4 Å². The molecule has 7 heteroatoms. The summed E-state index contributed by atoms with van der Waals surface area (Å²) in [4.78, 5) is 36.3. The fraction of sp³-hybridized carbons (Fsp3) is 0.318. The van der Waals surface area contributed by atoms with Gasteiger partial charge in [0.15, 0.2) is 0 Å². The monoisotopic (exact) mass is 398 g/mol. The summed E-state index contributed by atoms with van der Waals surface area (Å²) in [6.45, 7) is 4.16. The number of hydrogen-bond donors (Lipinski definition) is 2. The highest BCUT2D eigenvalue weighted by Gasteiger charge is 2.19. The fourth-order valence-electron chi connectivity index (χ4n) is 2.98. The molecule has 7 nitrogen and oxygen atoms in total. The minimum absolute atomic E-state index is 0.0107. The number of anilines is 1. The minimum atomic E-state index is -0.617. The highest BCUT2D eigenvalue weighted by Crippen LogP contribution is 2.22. The quantitative estimate of drug-likeness (QED) is 0.664. The maximum absolute atomic E-state index is 12.5. The number of nitrogens with one attached hydrogen (secondary N) is 2. The molecule has 0 aromatic heterocycles. The van der Waals surface area contributed by atoms with E-state index in [1.807, 2.05) is 30.3 Å². The second-order valence-corrected chi connectivity index (χ2v) is 6.80. The van der Waals surface area contributed by atoms with Crippen molar-refractivity contribution in [3.8, 4) is 0 Å². The van der Waals surface area contributed by atoms with Gasteiger partial charge in [-0.3, -0.25) is 4.79 Å². The molecule has 0 aliphatic heterocycles. The van der Waals surface area contributed by atoms with Gasteiger partial charge in [-0.2, -0.15) is 0 Å². The predicted octanol–water partition coefficient (Wildman–Crippen LogP) is 3.19. The Kier molecular flexibility index (Phi) is 7.91. The van der Waals surface area contributed by atoms with Crippen LogP contribution in [0.25, 0.3) is 0 Å². The Hall–Kier alpha value is -3.19. The number of carbonyl (C=O) groups excluding carboxylic acids is 3. The van der Waals surface area contributed by atoms with Crippen molar-refractivity contribution >= 4 is 23.5 Å². The molecular formula is C22H26N2O5. The van der Waals surface area contributed by atoms with Gasteiger partial charge in [-0.25, -0.2) is 9.59 Å². The van der Waals surface area contributed by atoms with Gasteiger partial charge in [0.05, 0.1) is 37.6 Å². The standard InChI is InChI=1S/C22H26N2O5/c1-14(2)20(15-8-6-5-7-9-15)23-13-19(25)24-18-12-16(21(26)28-3)10-11-17(18)22(27)29-4/h5-12,14,20,23H,13H2,1-4H3,(H,24,25)/t20-/m0/s1. The average Bonchev–Trinajstić information content (AvgIpc) is 2.73. The van der Waals surface area contributed by atoms with Crippen LogP contribution in [0.15, 0.2) is 48.5 Å². The highest BCUT2D eigenvalue weighted by atomic mass is 16.5. The smallest absolute Gasteiger partial charge is 0.339 e. The lowest BCUT2D eigenvalue weighted by Crippen LogP contribution is -2.34. The average molecular weight is 398 g/mol. The number of methoxy groups -OCH3 is 2. The SMILES string of the molecule is COC(=O)c1ccc(C(=O)OC)c(NC(=O)CN[C@H](c2ccccc2)C(C)C)c1. The Balaban J connectivity index is 2.16. The van der Waals surface area contributed by atoms with Gasteiger partial charge in [-0.1, -0.05) is 44.2 Å². The van der Waals surface area contributed by atoms with Gasteiger partial charge >= 0.3 is 11.9 Å². The van der Waals surface area contributed by atoms with Crippen molar-refractivity contribution in [2.24, 2.45) is 5.92 Å². The van der Waals surface area contributed by atoms with Crippen molar-refractivity contribution in [1.82, 2.24) is 5.32 Å². The third kappa shape index (κ3) is 5.89. The van der Waals surface area contributed by atoms with Crippen LogP contribution in [0.4, 0.5) is 5.69 Å². The lowest BCUT2D eigenvalue weighted by molar-refractivity contribution is -0.115. The molecule has 0 spiro atoms. The minimum Gasteiger partial charge on any atom is -0.465 e. The third-order valence-electron chi connectivity index (χ3n) is 4.43. The molecule has 0 saturated heterocycles. The van der Waals surface area contributed by atoms with Gasteiger partial charge in [0.2, 0.25) is 5.91 Å². The Morgan fingerprint density at radius 1 is 0.931 bits per heavy atom. The van der Waals surface area contributed by atoms with E-state index in [4.69, 9.17) is 9.47 Å². The lowest BCUT2D eigenvalue weighted by Gasteiger charge is -2.23. The van der Waals surface area contributed by atoms with E-state index >= 15 is 0 Å². The largest absolute Gasteiger partial charge is 0.465 e. The first-order valence-electron chi connectivity index (χ1n) is 9.26. The van der Waals surface area contributed by atoms with Gasteiger partial charge in [-0.05, 0) is 29.7 Å². The molecule has 2 aromatic rings. The zero-order valence-corrected chi connectivity index (χ0v) is 17.0. The topological polar surface area (TPSA) is 93.7 Å². The summed E-state index contributed by atoms with van der Waals surface area (Å²) >= 11 is 0. The Bertz CT molecular complexity index is 865. The number of carbonyl (C=O) groups is 3. The van der Waals surface area contributed by atoms with Crippen LogP contribution >= 0.6 is 0 Å². The molecule has 0 aliphatic carbocycles. The van der Waals surface area contributed by atoms with Gasteiger partial charge in [0.25, 0.3) is 0 Å². The van der Waals surface area contributed by atoms with Crippen LogP contribution in [0.2, 0.25) is 0 Å². The molecule has 0 fully saturated rings. The molecule has 0 radical (unpaired) electrons. The molecule has 1 amide bonds. The van der Waals surface area contributed by atoms with Gasteiger partial charge in [0, 0.05) is 6.04 Å². The second-order valence-electron chi connectivity index (χ2n) is 6.80. The van der Waals surface area contributed by atoms with Crippen LogP contribution in [-0.2, 0) is 14.3 Å². The van der Waals surface area contributed by atoms with E-state index in [1.54, 1.807) is 0 Å². The summed E-state index contributed by atoms with van der Waals surface area (Å²) in [5.74, 6) is -1.27. The number of rotatable bonds is 8. The maximum atomic E-state index is 12.5. The van der Waals surface area contributed by atoms with Crippen LogP contribution in [0, 0.1) is 5.92 Å². The lowest BCUT2D eigenvalue weighted by atomic mass is 9.96. The van der Waals surface area contributed by atoms with E-state index in [0.29, 0.717) is 0 Å². The van der Waals surface area contributed by atoms with Crippen LogP contribution in [0.1, 0.15) is 46.2 Å². The number of benzene rings is 2. The number of ether oxygens (including phenoxy) is 2. The van der Waals surface area contributed by atoms with Crippen LogP contribution in [0.3, 0.4) is 0 Å². The fourth-order valence-corrected chi connectivity index (χ4v) is 2.98. The molecule has 29 heavy (non-hydrogen) atoms. The molecule has 0 saturated carbocycles. The summed E-state index contributed by atoms with van der Waals surface area (Å²) in [5, 5.41) is 5.93. The first kappa shape index (κ1) is 22.1. The number of hydrogen-bond acceptors (Lipinski definition) is 6. The normalized spacial score (nSPS) is 11.6. The Morgan fingerprint density at radius 3 is 2.17 bits per heavy atom. The third-order valence-corrected chi connectivity index (χ3v) is 4.43. The van der Waals surface area contributed by atoms with Crippen molar-refractivity contribution in [3.05, 3.63) is 65.2 Å². The molecule has 2 N–H and O–H groups in total. The Labute approximate surface area is 170 Å². The summed E-state index contributed by atoms with van der Waals surface area (Å²) < 4.78 is 9.45. The van der Waals surface area contributed by atoms with E-state index in [-0.39, 0.29) is 41.2 Å². The van der Waals surface area contributed by atoms with E-state index in [9.17, 15) is 14.4 Å². The van der Waals surface area contributed by atoms with Crippen molar-refractivity contribution in [3.63, 3.8) is 0 Å². The summed E-state index contributed by atoms with van der Waals surface area (Å²) in [7, 11) is 2.51. The second kappa shape index (κ2) is 10.4. The van der Waals surface area contributed by atoms with E-state index < -0.39 is 11.9 Å². The molecule has 154 valence electrons. The van der Waals surface area contributed by atoms with Crippen LogP contribution in [0.5, 0.6) is 0 Å². The van der Waals surface area contributed by atoms with E-state index in [2.05, 4.69) is 24.5 Å². The van der Waals surface area contributed by atoms with Crippen molar-refractivity contribution in [1.29, 1.82) is 0 Å². The number of esters is 2. The molecule has 2 aromatic carbocycles. The molecular weight excluding hydrogens is 372 g/mol. The maximum Gasteiger partial charge on any atom is 0.339 e. The van der Waals surface area contributed by atoms with Gasteiger partial charge in [0.1, 0.15) is 0 Å². The zero-order chi connectivity index (χ0) is 21.4. The van der Waals surface area contributed by atoms with Crippen LogP contribution < -0.4 is 10.6 Å². The number of amides is 1.